The third-order valence-electron chi connectivity index (χ3n) is 3.81. The molecule has 8 nitrogen and oxygen atoms in total. The number of benzene rings is 1. The molecule has 0 amide bonds. The van der Waals surface area contributed by atoms with Crippen LogP contribution in [0.15, 0.2) is 53.7 Å². The number of nitriles is 1. The zero-order valence-corrected chi connectivity index (χ0v) is 12.8. The van der Waals surface area contributed by atoms with Crippen molar-refractivity contribution >= 4 is 11.5 Å². The fraction of sp³-hybridized carbons (Fsp3) is 0. The van der Waals surface area contributed by atoms with Crippen molar-refractivity contribution < 1.29 is 0 Å². The summed E-state index contributed by atoms with van der Waals surface area (Å²) in [6.07, 6.45) is 2.94. The lowest BCUT2D eigenvalue weighted by atomic mass is 10.0. The number of pyridine rings is 1. The summed E-state index contributed by atoms with van der Waals surface area (Å²) in [6.45, 7) is 0. The first-order valence-electron chi connectivity index (χ1n) is 7.37. The third-order valence-corrected chi connectivity index (χ3v) is 3.81. The van der Waals surface area contributed by atoms with E-state index in [2.05, 4.69) is 26.1 Å². The lowest BCUT2D eigenvalue weighted by molar-refractivity contribution is 0.958. The first-order valence-corrected chi connectivity index (χ1v) is 7.37. The molecule has 25 heavy (non-hydrogen) atoms. The molecule has 0 radical (unpaired) electrons. The molecule has 0 unspecified atom stereocenters. The van der Waals surface area contributed by atoms with Gasteiger partial charge in [-0.3, -0.25) is 4.79 Å². The summed E-state index contributed by atoms with van der Waals surface area (Å²) in [5.41, 5.74) is 9.03. The van der Waals surface area contributed by atoms with E-state index in [0.717, 1.165) is 0 Å². The van der Waals surface area contributed by atoms with Crippen LogP contribution in [0, 0.1) is 11.3 Å². The molecular formula is C17H11N7O. The molecule has 8 heteroatoms. The van der Waals surface area contributed by atoms with Crippen LogP contribution in [0.1, 0.15) is 5.56 Å². The summed E-state index contributed by atoms with van der Waals surface area (Å²) in [7, 11) is 0. The number of nitrogens with zero attached hydrogens (tertiary/aromatic N) is 5. The van der Waals surface area contributed by atoms with Crippen molar-refractivity contribution in [2.75, 3.05) is 5.73 Å². The number of nitrogen functional groups attached to an aromatic ring is 1. The van der Waals surface area contributed by atoms with Crippen LogP contribution in [0.5, 0.6) is 0 Å². The Labute approximate surface area is 141 Å². The van der Waals surface area contributed by atoms with E-state index < -0.39 is 0 Å². The minimum atomic E-state index is -0.221. The molecule has 0 saturated carbocycles. The van der Waals surface area contributed by atoms with Crippen LogP contribution < -0.4 is 11.3 Å². The molecule has 0 bridgehead atoms. The van der Waals surface area contributed by atoms with E-state index in [-0.39, 0.29) is 11.4 Å². The normalized spacial score (nSPS) is 10.7. The lowest BCUT2D eigenvalue weighted by Crippen LogP contribution is -2.08. The Bertz CT molecular complexity index is 1180. The summed E-state index contributed by atoms with van der Waals surface area (Å²) in [4.78, 5) is 22.6. The maximum atomic E-state index is 11.4. The van der Waals surface area contributed by atoms with E-state index in [9.17, 15) is 10.1 Å². The van der Waals surface area contributed by atoms with Gasteiger partial charge in [-0.15, -0.1) is 0 Å². The van der Waals surface area contributed by atoms with E-state index in [4.69, 9.17) is 5.73 Å². The van der Waals surface area contributed by atoms with Crippen molar-refractivity contribution in [1.82, 2.24) is 24.6 Å². The minimum Gasteiger partial charge on any atom is -0.381 e. The number of aromatic nitrogens is 5. The Hall–Kier alpha value is -3.99. The molecule has 1 aromatic carbocycles. The van der Waals surface area contributed by atoms with Crippen molar-refractivity contribution in [2.45, 2.75) is 0 Å². The second-order valence-corrected chi connectivity index (χ2v) is 5.29. The van der Waals surface area contributed by atoms with Crippen LogP contribution in [0.2, 0.25) is 0 Å². The second kappa shape index (κ2) is 5.58. The maximum absolute atomic E-state index is 11.4. The molecule has 120 valence electrons. The van der Waals surface area contributed by atoms with Crippen molar-refractivity contribution in [3.05, 3.63) is 64.8 Å². The van der Waals surface area contributed by atoms with Crippen LogP contribution in [0.4, 0.5) is 5.82 Å². The van der Waals surface area contributed by atoms with E-state index in [1.165, 1.54) is 12.4 Å². The van der Waals surface area contributed by atoms with Gasteiger partial charge in [0.2, 0.25) is 5.56 Å². The van der Waals surface area contributed by atoms with E-state index in [0.29, 0.717) is 33.7 Å². The predicted molar refractivity (Wildman–Crippen MR) is 91.4 cm³/mol. The molecule has 0 fully saturated rings. The van der Waals surface area contributed by atoms with E-state index in [1.54, 1.807) is 35.0 Å². The highest BCUT2D eigenvalue weighted by Gasteiger charge is 2.19. The van der Waals surface area contributed by atoms with Gasteiger partial charge in [0.05, 0.1) is 11.6 Å². The van der Waals surface area contributed by atoms with Gasteiger partial charge in [-0.25, -0.2) is 14.5 Å². The number of aromatic amines is 1. The van der Waals surface area contributed by atoms with Crippen LogP contribution in [0.3, 0.4) is 0 Å². The SMILES string of the molecule is N#Cc1ccccc1-c1nc(N)c2ncnn2c1-c1ccc(=O)[nH]c1. The molecular weight excluding hydrogens is 318 g/mol. The Balaban J connectivity index is 2.14. The zero-order chi connectivity index (χ0) is 17.4. The molecule has 0 atom stereocenters. The van der Waals surface area contributed by atoms with Crippen LogP contribution >= 0.6 is 0 Å². The van der Waals surface area contributed by atoms with Gasteiger partial charge in [-0.1, -0.05) is 18.2 Å². The molecule has 0 spiro atoms. The number of nitrogens with one attached hydrogen (secondary N) is 1. The molecule has 4 aromatic rings. The smallest absolute Gasteiger partial charge is 0.247 e. The zero-order valence-electron chi connectivity index (χ0n) is 12.8. The van der Waals surface area contributed by atoms with Gasteiger partial charge >= 0.3 is 0 Å². The molecule has 0 saturated heterocycles. The van der Waals surface area contributed by atoms with Gasteiger partial charge in [-0.2, -0.15) is 10.4 Å². The predicted octanol–water partition coefficient (Wildman–Crippen LogP) is 1.60. The highest BCUT2D eigenvalue weighted by atomic mass is 16.1. The van der Waals surface area contributed by atoms with Gasteiger partial charge in [0.1, 0.15) is 17.7 Å². The van der Waals surface area contributed by atoms with Crippen molar-refractivity contribution in [1.29, 1.82) is 5.26 Å². The average molecular weight is 329 g/mol. The van der Waals surface area contributed by atoms with Crippen LogP contribution in [0.25, 0.3) is 28.2 Å². The highest BCUT2D eigenvalue weighted by Crippen LogP contribution is 2.33. The van der Waals surface area contributed by atoms with E-state index in [1.807, 2.05) is 6.07 Å². The lowest BCUT2D eigenvalue weighted by Gasteiger charge is -2.13. The number of nitrogens with two attached hydrogens (primary N) is 1. The highest BCUT2D eigenvalue weighted by molar-refractivity contribution is 5.84. The molecule has 3 N–H and O–H groups in total. The van der Waals surface area contributed by atoms with Crippen LogP contribution in [-0.4, -0.2) is 24.6 Å². The maximum Gasteiger partial charge on any atom is 0.247 e. The number of hydrogen-bond acceptors (Lipinski definition) is 6. The summed E-state index contributed by atoms with van der Waals surface area (Å²) in [5, 5.41) is 13.7. The van der Waals surface area contributed by atoms with Gasteiger partial charge in [-0.05, 0) is 12.1 Å². The molecule has 0 aliphatic carbocycles. The topological polar surface area (TPSA) is 126 Å². The quantitative estimate of drug-likeness (QED) is 0.575. The minimum absolute atomic E-state index is 0.202. The third kappa shape index (κ3) is 2.31. The molecule has 0 aliphatic rings. The summed E-state index contributed by atoms with van der Waals surface area (Å²) in [6, 6.07) is 12.3. The molecule has 0 aliphatic heterocycles. The standard InChI is InChI=1S/C17H11N7O/c18-7-10-3-1-2-4-12(10)14-15(11-5-6-13(25)20-8-11)24-17(16(19)23-14)21-9-22-24/h1-6,8-9H,(H2,19,23)(H,20,25). The van der Waals surface area contributed by atoms with Crippen molar-refractivity contribution in [3.63, 3.8) is 0 Å². The largest absolute Gasteiger partial charge is 0.381 e. The number of H-pyrrole nitrogens is 1. The van der Waals surface area contributed by atoms with E-state index >= 15 is 0 Å². The number of anilines is 1. The van der Waals surface area contributed by atoms with Gasteiger partial charge < -0.3 is 10.7 Å². The summed E-state index contributed by atoms with van der Waals surface area (Å²) < 4.78 is 1.56. The van der Waals surface area contributed by atoms with Crippen molar-refractivity contribution in [2.24, 2.45) is 0 Å². The number of fused-ring (bicyclic) bond motifs is 1. The summed E-state index contributed by atoms with van der Waals surface area (Å²) >= 11 is 0. The van der Waals surface area contributed by atoms with Crippen molar-refractivity contribution in [3.8, 4) is 28.6 Å². The number of rotatable bonds is 2. The fourth-order valence-electron chi connectivity index (χ4n) is 2.70. The van der Waals surface area contributed by atoms with Gasteiger partial charge in [0, 0.05) is 23.4 Å². The van der Waals surface area contributed by atoms with Gasteiger partial charge in [0.25, 0.3) is 0 Å². The number of hydrogen-bond donors (Lipinski definition) is 2. The second-order valence-electron chi connectivity index (χ2n) is 5.29. The molecule has 4 rings (SSSR count). The van der Waals surface area contributed by atoms with Gasteiger partial charge in [0.15, 0.2) is 11.5 Å². The Morgan fingerprint density at radius 3 is 2.80 bits per heavy atom. The Morgan fingerprint density at radius 1 is 1.20 bits per heavy atom. The first kappa shape index (κ1) is 14.6. The summed E-state index contributed by atoms with van der Waals surface area (Å²) in [5.74, 6) is 0.202. The molecule has 3 heterocycles. The monoisotopic (exact) mass is 329 g/mol. The first-order chi connectivity index (χ1) is 12.2. The Kier molecular flexibility index (Phi) is 3.26. The van der Waals surface area contributed by atoms with Crippen LogP contribution in [-0.2, 0) is 0 Å². The molecule has 3 aromatic heterocycles. The fourth-order valence-corrected chi connectivity index (χ4v) is 2.70. The average Bonchev–Trinajstić information content (AvgIpc) is 3.13. The Morgan fingerprint density at radius 2 is 2.04 bits per heavy atom.